The molecule has 0 bridgehead atoms. The highest BCUT2D eigenvalue weighted by Crippen LogP contribution is 2.17. The largest absolute Gasteiger partial charge is 0.462 e. The molecule has 0 spiro atoms. The number of carbonyl (C=O) groups excluding carboxylic acids is 3. The zero-order valence-corrected chi connectivity index (χ0v) is 50.5. The summed E-state index contributed by atoms with van der Waals surface area (Å²) in [6.07, 6.45) is 83.5. The molecule has 0 aliphatic carbocycles. The Kier molecular flexibility index (Phi) is 61.7. The van der Waals surface area contributed by atoms with Crippen LogP contribution in [0, 0.1) is 0 Å². The van der Waals surface area contributed by atoms with E-state index in [0.717, 1.165) is 116 Å². The van der Waals surface area contributed by atoms with Gasteiger partial charge in [0.1, 0.15) is 13.2 Å². The third-order valence-electron chi connectivity index (χ3n) is 14.4. The molecule has 1 atom stereocenters. The maximum Gasteiger partial charge on any atom is 0.306 e. The molecular formula is C70H124O6. The van der Waals surface area contributed by atoms with Crippen LogP contribution >= 0.6 is 0 Å². The minimum absolute atomic E-state index is 0.0834. The van der Waals surface area contributed by atoms with Gasteiger partial charge in [0.2, 0.25) is 0 Å². The first-order valence-electron chi connectivity index (χ1n) is 32.9. The van der Waals surface area contributed by atoms with Crippen molar-refractivity contribution in [1.82, 2.24) is 0 Å². The second-order valence-electron chi connectivity index (χ2n) is 22.0. The normalized spacial score (nSPS) is 12.5. The monoisotopic (exact) mass is 1060 g/mol. The first-order chi connectivity index (χ1) is 37.5. The second-order valence-corrected chi connectivity index (χ2v) is 22.0. The van der Waals surface area contributed by atoms with E-state index in [4.69, 9.17) is 14.2 Å². The molecule has 0 rings (SSSR count). The van der Waals surface area contributed by atoms with Gasteiger partial charge in [0.25, 0.3) is 0 Å². The average Bonchev–Trinajstić information content (AvgIpc) is 3.42. The van der Waals surface area contributed by atoms with Gasteiger partial charge in [-0.1, -0.05) is 280 Å². The van der Waals surface area contributed by atoms with E-state index in [2.05, 4.69) is 93.7 Å². The van der Waals surface area contributed by atoms with E-state index >= 15 is 0 Å². The molecule has 76 heavy (non-hydrogen) atoms. The van der Waals surface area contributed by atoms with Crippen LogP contribution in [0.4, 0.5) is 0 Å². The van der Waals surface area contributed by atoms with E-state index in [1.165, 1.54) is 180 Å². The van der Waals surface area contributed by atoms with Crippen LogP contribution in [0.2, 0.25) is 0 Å². The summed E-state index contributed by atoms with van der Waals surface area (Å²) in [4.78, 5) is 38.3. The van der Waals surface area contributed by atoms with E-state index in [1.807, 2.05) is 0 Å². The van der Waals surface area contributed by atoms with Crippen LogP contribution in [0.3, 0.4) is 0 Å². The molecule has 0 aromatic rings. The molecule has 0 radical (unpaired) electrons. The minimum Gasteiger partial charge on any atom is -0.462 e. The topological polar surface area (TPSA) is 78.9 Å². The van der Waals surface area contributed by atoms with Crippen LogP contribution < -0.4 is 0 Å². The van der Waals surface area contributed by atoms with Crippen LogP contribution in [0.25, 0.3) is 0 Å². The summed E-state index contributed by atoms with van der Waals surface area (Å²) < 4.78 is 16.9. The summed E-state index contributed by atoms with van der Waals surface area (Å²) in [5.41, 5.74) is 0. The maximum atomic E-state index is 12.9. The molecule has 0 aliphatic heterocycles. The summed E-state index contributed by atoms with van der Waals surface area (Å²) in [5.74, 6) is -0.898. The van der Waals surface area contributed by atoms with Gasteiger partial charge in [0.15, 0.2) is 6.10 Å². The summed E-state index contributed by atoms with van der Waals surface area (Å²) in [7, 11) is 0. The third kappa shape index (κ3) is 61.7. The number of hydrogen-bond donors (Lipinski definition) is 0. The number of carbonyl (C=O) groups is 3. The van der Waals surface area contributed by atoms with Crippen molar-refractivity contribution in [1.29, 1.82) is 0 Å². The molecule has 1 unspecified atom stereocenters. The maximum absolute atomic E-state index is 12.9. The Morgan fingerprint density at radius 3 is 0.789 bits per heavy atom. The number of ether oxygens (including phenoxy) is 3. The zero-order valence-electron chi connectivity index (χ0n) is 50.5. The molecule has 0 N–H and O–H groups in total. The summed E-state index contributed by atoms with van der Waals surface area (Å²) in [5, 5.41) is 0. The number of unbranched alkanes of at least 4 members (excludes halogenated alkanes) is 37. The van der Waals surface area contributed by atoms with E-state index in [-0.39, 0.29) is 31.1 Å². The number of allylic oxidation sites excluding steroid dienone is 12. The van der Waals surface area contributed by atoms with Crippen molar-refractivity contribution >= 4 is 17.9 Å². The van der Waals surface area contributed by atoms with Crippen molar-refractivity contribution in [3.8, 4) is 0 Å². The van der Waals surface area contributed by atoms with Crippen LogP contribution in [-0.2, 0) is 28.6 Å². The van der Waals surface area contributed by atoms with Crippen molar-refractivity contribution in [3.05, 3.63) is 72.9 Å². The Bertz CT molecular complexity index is 1400. The molecule has 0 amide bonds. The Morgan fingerprint density at radius 1 is 0.263 bits per heavy atom. The number of rotatable bonds is 60. The molecular weight excluding hydrogens is 937 g/mol. The number of hydrogen-bond acceptors (Lipinski definition) is 6. The Hall–Kier alpha value is -3.15. The molecule has 0 fully saturated rings. The van der Waals surface area contributed by atoms with Crippen LogP contribution in [0.1, 0.15) is 335 Å². The van der Waals surface area contributed by atoms with Gasteiger partial charge in [-0.2, -0.15) is 0 Å². The van der Waals surface area contributed by atoms with E-state index in [9.17, 15) is 14.4 Å². The minimum atomic E-state index is -0.788. The fourth-order valence-corrected chi connectivity index (χ4v) is 9.43. The Morgan fingerprint density at radius 2 is 0.500 bits per heavy atom. The third-order valence-corrected chi connectivity index (χ3v) is 14.4. The zero-order chi connectivity index (χ0) is 55.0. The SMILES string of the molecule is CCC/C=C\C/C=C\CCCCCCCC(=O)OCC(COC(=O)CCCCCCCCCCCCCCCCCCC/C=C\C/C=C\CCCCCCC)OC(=O)CCCCCCC/C=C\C/C=C\CCCCCC. The molecule has 0 aliphatic rings. The highest BCUT2D eigenvalue weighted by atomic mass is 16.6. The van der Waals surface area contributed by atoms with Crippen molar-refractivity contribution < 1.29 is 28.6 Å². The molecule has 0 aromatic heterocycles. The van der Waals surface area contributed by atoms with Gasteiger partial charge >= 0.3 is 17.9 Å². The van der Waals surface area contributed by atoms with Gasteiger partial charge in [0, 0.05) is 19.3 Å². The second kappa shape index (κ2) is 64.4. The predicted octanol–water partition coefficient (Wildman–Crippen LogP) is 22.5. The summed E-state index contributed by atoms with van der Waals surface area (Å²) in [6.45, 7) is 6.56. The van der Waals surface area contributed by atoms with Crippen LogP contribution in [0.15, 0.2) is 72.9 Å². The lowest BCUT2D eigenvalue weighted by Gasteiger charge is -2.18. The van der Waals surface area contributed by atoms with Crippen molar-refractivity contribution in [3.63, 3.8) is 0 Å². The van der Waals surface area contributed by atoms with Gasteiger partial charge in [-0.05, 0) is 109 Å². The fraction of sp³-hybridized carbons (Fsp3) is 0.786. The highest BCUT2D eigenvalue weighted by molar-refractivity contribution is 5.71. The number of esters is 3. The van der Waals surface area contributed by atoms with E-state index in [1.54, 1.807) is 0 Å². The van der Waals surface area contributed by atoms with Crippen LogP contribution in [0.5, 0.6) is 0 Å². The lowest BCUT2D eigenvalue weighted by Crippen LogP contribution is -2.30. The first-order valence-corrected chi connectivity index (χ1v) is 32.9. The molecule has 0 saturated carbocycles. The van der Waals surface area contributed by atoms with E-state index < -0.39 is 6.10 Å². The Balaban J connectivity index is 4.21. The van der Waals surface area contributed by atoms with Gasteiger partial charge in [0.05, 0.1) is 0 Å². The summed E-state index contributed by atoms with van der Waals surface area (Å²) >= 11 is 0. The molecule has 440 valence electrons. The predicted molar refractivity (Wildman–Crippen MR) is 330 cm³/mol. The lowest BCUT2D eigenvalue weighted by molar-refractivity contribution is -0.167. The molecule has 0 heterocycles. The van der Waals surface area contributed by atoms with Gasteiger partial charge < -0.3 is 14.2 Å². The first kappa shape index (κ1) is 72.8. The van der Waals surface area contributed by atoms with E-state index in [0.29, 0.717) is 19.3 Å². The van der Waals surface area contributed by atoms with Crippen LogP contribution in [-0.4, -0.2) is 37.2 Å². The smallest absolute Gasteiger partial charge is 0.306 e. The molecule has 0 aromatic carbocycles. The van der Waals surface area contributed by atoms with Crippen molar-refractivity contribution in [2.24, 2.45) is 0 Å². The fourth-order valence-electron chi connectivity index (χ4n) is 9.43. The van der Waals surface area contributed by atoms with Gasteiger partial charge in [-0.3, -0.25) is 14.4 Å². The van der Waals surface area contributed by atoms with Crippen molar-refractivity contribution in [2.45, 2.75) is 341 Å². The standard InChI is InChI=1S/C70H124O6/c1-4-7-10-13-16-19-22-25-27-29-30-31-32-33-34-35-36-37-38-39-40-41-43-45-48-51-54-57-60-63-69(72)75-66-67(65-74-68(71)62-59-56-53-50-47-44-24-21-18-15-12-9-6-3)76-70(73)64-61-58-55-52-49-46-42-28-26-23-20-17-14-11-8-5-2/h12,15,20-25,28-30,42,67H,4-11,13-14,16-19,26-27,31-41,43-66H2,1-3H3/b15-12-,23-20-,24-21-,25-22-,30-29-,42-28-. The average molecular weight is 1060 g/mol. The quantitative estimate of drug-likeness (QED) is 0.0261. The van der Waals surface area contributed by atoms with Crippen molar-refractivity contribution in [2.75, 3.05) is 13.2 Å². The summed E-state index contributed by atoms with van der Waals surface area (Å²) in [6, 6.07) is 0. The van der Waals surface area contributed by atoms with Gasteiger partial charge in [-0.25, -0.2) is 0 Å². The molecule has 6 nitrogen and oxygen atoms in total. The Labute approximate surface area is 472 Å². The van der Waals surface area contributed by atoms with Gasteiger partial charge in [-0.15, -0.1) is 0 Å². The molecule has 0 saturated heterocycles. The molecule has 6 heteroatoms. The lowest BCUT2D eigenvalue weighted by atomic mass is 10.0. The highest BCUT2D eigenvalue weighted by Gasteiger charge is 2.19.